The number of hydrogen-bond acceptors (Lipinski definition) is 7. The number of aliphatic hydroxyl groups is 2. The number of carbonyl (C=O) groups is 2. The summed E-state index contributed by atoms with van der Waals surface area (Å²) in [5.74, 6) is -1.99. The standard InChI is InChI=1S/C18H25NO6.C4H5N/c1-3-12-8-11(2)18(23,10-20)17(22)24-9-13-4-6-19-7-5-14(15(13)19)25-16(12)21;1-2-4-5-3-1/h3-4,11,14-15,20,23H,5-10H2,1-2H3;1-5H/b12-3-;/t11-,14-,15-,18-;/m1./s1. The molecule has 4 atom stereocenters. The van der Waals surface area contributed by atoms with Crippen LogP contribution in [-0.2, 0) is 19.1 Å². The molecule has 0 unspecified atom stereocenters. The molecule has 2 saturated heterocycles. The number of hydrogen-bond donors (Lipinski definition) is 3. The Morgan fingerprint density at radius 3 is 2.67 bits per heavy atom. The fourth-order valence-corrected chi connectivity index (χ4v) is 4.13. The molecule has 0 radical (unpaired) electrons. The normalized spacial score (nSPS) is 33.4. The predicted molar refractivity (Wildman–Crippen MR) is 109 cm³/mol. The molecule has 1 aromatic heterocycles. The van der Waals surface area contributed by atoms with Gasteiger partial charge in [0.15, 0.2) is 5.60 Å². The number of rotatable bonds is 1. The summed E-state index contributed by atoms with van der Waals surface area (Å²) < 4.78 is 11.1. The SMILES string of the molecule is C/C=C1/C[C@@H](C)[C@](O)(CO)C(=O)OCC2=CCN3CC[C@@H](OC1=O)[C@@H]23.c1cc[nH]c1. The molecule has 0 amide bonds. The van der Waals surface area contributed by atoms with E-state index in [-0.39, 0.29) is 25.2 Å². The zero-order valence-corrected chi connectivity index (χ0v) is 17.4. The Morgan fingerprint density at radius 1 is 1.33 bits per heavy atom. The van der Waals surface area contributed by atoms with Crippen LogP contribution in [0.3, 0.4) is 0 Å². The van der Waals surface area contributed by atoms with Crippen LogP contribution < -0.4 is 0 Å². The lowest BCUT2D eigenvalue weighted by Crippen LogP contribution is -2.50. The van der Waals surface area contributed by atoms with E-state index >= 15 is 0 Å². The number of H-pyrrole nitrogens is 1. The number of aromatic nitrogens is 1. The van der Waals surface area contributed by atoms with Crippen LogP contribution in [0.5, 0.6) is 0 Å². The number of aliphatic hydroxyl groups excluding tert-OH is 1. The van der Waals surface area contributed by atoms with Gasteiger partial charge in [-0.3, -0.25) is 4.90 Å². The summed E-state index contributed by atoms with van der Waals surface area (Å²) in [5, 5.41) is 20.2. The van der Waals surface area contributed by atoms with Crippen LogP contribution in [0.1, 0.15) is 26.7 Å². The Labute approximate surface area is 176 Å². The van der Waals surface area contributed by atoms with Crippen molar-refractivity contribution in [1.29, 1.82) is 0 Å². The smallest absolute Gasteiger partial charge is 0.341 e. The average molecular weight is 418 g/mol. The number of cyclic esters (lactones) is 1. The highest BCUT2D eigenvalue weighted by molar-refractivity contribution is 5.89. The zero-order chi connectivity index (χ0) is 21.7. The van der Waals surface area contributed by atoms with Gasteiger partial charge in [0.1, 0.15) is 12.7 Å². The number of allylic oxidation sites excluding steroid dienone is 1. The molecule has 4 heterocycles. The topological polar surface area (TPSA) is 112 Å². The summed E-state index contributed by atoms with van der Waals surface area (Å²) in [5.41, 5.74) is -0.796. The van der Waals surface area contributed by atoms with E-state index in [0.717, 1.165) is 25.1 Å². The van der Waals surface area contributed by atoms with Crippen LogP contribution in [-0.4, -0.2) is 76.1 Å². The van der Waals surface area contributed by atoms with Gasteiger partial charge in [-0.15, -0.1) is 0 Å². The second-order valence-corrected chi connectivity index (χ2v) is 7.91. The Hall–Kier alpha value is -2.42. The molecular formula is C22H30N2O6. The molecule has 0 aromatic carbocycles. The number of carbonyl (C=O) groups excluding carboxylic acids is 2. The van der Waals surface area contributed by atoms with Crippen molar-refractivity contribution in [1.82, 2.24) is 9.88 Å². The second-order valence-electron chi connectivity index (χ2n) is 7.91. The summed E-state index contributed by atoms with van der Waals surface area (Å²) in [6.07, 6.45) is 7.95. The highest BCUT2D eigenvalue weighted by atomic mass is 16.6. The summed E-state index contributed by atoms with van der Waals surface area (Å²) in [7, 11) is 0. The summed E-state index contributed by atoms with van der Waals surface area (Å²) in [4.78, 5) is 30.0. The van der Waals surface area contributed by atoms with Gasteiger partial charge in [0.2, 0.25) is 0 Å². The van der Waals surface area contributed by atoms with E-state index in [1.807, 2.05) is 30.6 Å². The molecule has 0 aliphatic carbocycles. The highest BCUT2D eigenvalue weighted by Crippen LogP contribution is 2.34. The number of nitrogens with one attached hydrogen (secondary N) is 1. The molecule has 8 heteroatoms. The van der Waals surface area contributed by atoms with E-state index in [2.05, 4.69) is 9.88 Å². The van der Waals surface area contributed by atoms with E-state index in [9.17, 15) is 19.8 Å². The van der Waals surface area contributed by atoms with E-state index in [4.69, 9.17) is 9.47 Å². The van der Waals surface area contributed by atoms with Crippen LogP contribution in [0.2, 0.25) is 0 Å². The van der Waals surface area contributed by atoms with Gasteiger partial charge in [-0.1, -0.05) is 19.1 Å². The lowest BCUT2D eigenvalue weighted by molar-refractivity contribution is -0.176. The molecule has 30 heavy (non-hydrogen) atoms. The Morgan fingerprint density at radius 2 is 2.07 bits per heavy atom. The molecule has 0 bridgehead atoms. The van der Waals surface area contributed by atoms with Crippen molar-refractivity contribution < 1.29 is 29.3 Å². The van der Waals surface area contributed by atoms with Gasteiger partial charge in [-0.05, 0) is 37.5 Å². The number of nitrogens with zero attached hydrogens (tertiary/aromatic N) is 1. The van der Waals surface area contributed by atoms with Gasteiger partial charge < -0.3 is 24.7 Å². The molecule has 2 fully saturated rings. The lowest BCUT2D eigenvalue weighted by Gasteiger charge is -2.32. The number of esters is 2. The van der Waals surface area contributed by atoms with E-state index in [0.29, 0.717) is 5.57 Å². The molecule has 8 nitrogen and oxygen atoms in total. The maximum atomic E-state index is 12.6. The largest absolute Gasteiger partial charge is 0.459 e. The second kappa shape index (κ2) is 9.59. The quantitative estimate of drug-likeness (QED) is 0.357. The highest BCUT2D eigenvalue weighted by Gasteiger charge is 2.46. The van der Waals surface area contributed by atoms with Gasteiger partial charge in [0.05, 0.1) is 12.6 Å². The molecule has 0 spiro atoms. The van der Waals surface area contributed by atoms with Crippen molar-refractivity contribution in [2.45, 2.75) is 44.4 Å². The summed E-state index contributed by atoms with van der Waals surface area (Å²) in [6, 6.07) is 3.80. The Kier molecular flexibility index (Phi) is 7.12. The lowest BCUT2D eigenvalue weighted by atomic mass is 9.84. The molecular weight excluding hydrogens is 388 g/mol. The molecule has 3 aliphatic heterocycles. The minimum absolute atomic E-state index is 0.0273. The molecule has 164 valence electrons. The maximum Gasteiger partial charge on any atom is 0.341 e. The molecule has 1 aromatic rings. The minimum atomic E-state index is -2.05. The van der Waals surface area contributed by atoms with E-state index in [1.54, 1.807) is 19.9 Å². The third kappa shape index (κ3) is 4.50. The Bertz CT molecular complexity index is 785. The Balaban J connectivity index is 0.000000448. The van der Waals surface area contributed by atoms with Gasteiger partial charge in [0, 0.05) is 37.0 Å². The predicted octanol–water partition coefficient (Wildman–Crippen LogP) is 1.18. The zero-order valence-electron chi connectivity index (χ0n) is 17.4. The molecule has 3 aliphatic rings. The number of aromatic amines is 1. The van der Waals surface area contributed by atoms with Crippen molar-refractivity contribution in [3.63, 3.8) is 0 Å². The van der Waals surface area contributed by atoms with E-state index in [1.165, 1.54) is 0 Å². The molecule has 4 rings (SSSR count). The van der Waals surface area contributed by atoms with Crippen molar-refractivity contribution in [3.8, 4) is 0 Å². The average Bonchev–Trinajstić information content (AvgIpc) is 3.50. The van der Waals surface area contributed by atoms with Crippen LogP contribution >= 0.6 is 0 Å². The fraction of sp³-hybridized carbons (Fsp3) is 0.545. The van der Waals surface area contributed by atoms with Crippen molar-refractivity contribution in [2.75, 3.05) is 26.3 Å². The molecule has 0 saturated carbocycles. The third-order valence-electron chi connectivity index (χ3n) is 6.09. The van der Waals surface area contributed by atoms with E-state index < -0.39 is 30.1 Å². The summed E-state index contributed by atoms with van der Waals surface area (Å²) >= 11 is 0. The first kappa shape index (κ1) is 22.3. The minimum Gasteiger partial charge on any atom is -0.459 e. The first-order valence-corrected chi connectivity index (χ1v) is 10.3. The number of ether oxygens (including phenoxy) is 2. The monoisotopic (exact) mass is 418 g/mol. The first-order chi connectivity index (χ1) is 14.4. The van der Waals surface area contributed by atoms with Gasteiger partial charge in [0.25, 0.3) is 0 Å². The van der Waals surface area contributed by atoms with Crippen LogP contribution in [0.25, 0.3) is 0 Å². The van der Waals surface area contributed by atoms with Crippen LogP contribution in [0.4, 0.5) is 0 Å². The van der Waals surface area contributed by atoms with Crippen molar-refractivity contribution >= 4 is 11.9 Å². The maximum absolute atomic E-state index is 12.6. The summed E-state index contributed by atoms with van der Waals surface area (Å²) in [6.45, 7) is 4.12. The van der Waals surface area contributed by atoms with Gasteiger partial charge in [-0.2, -0.15) is 0 Å². The van der Waals surface area contributed by atoms with Gasteiger partial charge in [-0.25, -0.2) is 9.59 Å². The molecule has 3 N–H and O–H groups in total. The van der Waals surface area contributed by atoms with Crippen LogP contribution in [0.15, 0.2) is 47.8 Å². The van der Waals surface area contributed by atoms with Crippen molar-refractivity contribution in [3.05, 3.63) is 47.8 Å². The third-order valence-corrected chi connectivity index (χ3v) is 6.09. The fourth-order valence-electron chi connectivity index (χ4n) is 4.13. The van der Waals surface area contributed by atoms with Crippen LogP contribution in [0, 0.1) is 5.92 Å². The van der Waals surface area contributed by atoms with Crippen molar-refractivity contribution in [2.24, 2.45) is 5.92 Å². The van der Waals surface area contributed by atoms with Gasteiger partial charge >= 0.3 is 11.9 Å². The first-order valence-electron chi connectivity index (χ1n) is 10.3.